The molecule has 0 saturated carbocycles. The molecule has 0 spiro atoms. The number of benzene rings is 1. The molecule has 0 aliphatic carbocycles. The van der Waals surface area contributed by atoms with Crippen molar-refractivity contribution in [2.75, 3.05) is 31.5 Å². The van der Waals surface area contributed by atoms with E-state index in [4.69, 9.17) is 11.6 Å². The maximum Gasteiger partial charge on any atom is 0.292 e. The highest BCUT2D eigenvalue weighted by atomic mass is 35.5. The number of anilines is 1. The molecule has 1 aromatic rings. The highest BCUT2D eigenvalue weighted by Crippen LogP contribution is 2.27. The highest BCUT2D eigenvalue weighted by molar-refractivity contribution is 6.31. The topological polar surface area (TPSA) is 58.4 Å². The monoisotopic (exact) mass is 283 g/mol. The third-order valence-electron chi connectivity index (χ3n) is 3.35. The summed E-state index contributed by atoms with van der Waals surface area (Å²) in [7, 11) is 0. The molecular formula is C13H18ClN3O2. The lowest BCUT2D eigenvalue weighted by molar-refractivity contribution is -0.384. The molecule has 1 aliphatic heterocycles. The lowest BCUT2D eigenvalue weighted by Gasteiger charge is -2.26. The molecule has 1 saturated heterocycles. The summed E-state index contributed by atoms with van der Waals surface area (Å²) in [5, 5.41) is 14.5. The van der Waals surface area contributed by atoms with Crippen molar-refractivity contribution in [3.8, 4) is 0 Å². The summed E-state index contributed by atoms with van der Waals surface area (Å²) in [5.41, 5.74) is 0.567. The first-order chi connectivity index (χ1) is 9.16. The number of nitro benzene ring substituents is 1. The largest absolute Gasteiger partial charge is 0.378 e. The molecule has 0 atom stereocenters. The van der Waals surface area contributed by atoms with Gasteiger partial charge in [0, 0.05) is 24.2 Å². The molecule has 0 amide bonds. The number of halogens is 1. The predicted octanol–water partition coefficient (Wildman–Crippen LogP) is 3.15. The Morgan fingerprint density at radius 3 is 2.74 bits per heavy atom. The highest BCUT2D eigenvalue weighted by Gasteiger charge is 2.14. The SMILES string of the molecule is O=[N+]([O-])c1ccc(Cl)cc1NCCN1CCCCC1. The molecule has 6 heteroatoms. The average molecular weight is 284 g/mol. The summed E-state index contributed by atoms with van der Waals surface area (Å²) in [6, 6.07) is 4.58. The normalized spacial score (nSPS) is 16.3. The van der Waals surface area contributed by atoms with Crippen LogP contribution in [0.2, 0.25) is 5.02 Å². The molecule has 1 fully saturated rings. The minimum absolute atomic E-state index is 0.0723. The minimum atomic E-state index is -0.389. The minimum Gasteiger partial charge on any atom is -0.378 e. The van der Waals surface area contributed by atoms with Crippen molar-refractivity contribution in [1.82, 2.24) is 4.90 Å². The van der Waals surface area contributed by atoms with Gasteiger partial charge in [-0.25, -0.2) is 0 Å². The van der Waals surface area contributed by atoms with E-state index in [-0.39, 0.29) is 10.6 Å². The van der Waals surface area contributed by atoms with Crippen LogP contribution >= 0.6 is 11.6 Å². The van der Waals surface area contributed by atoms with Gasteiger partial charge in [-0.1, -0.05) is 18.0 Å². The van der Waals surface area contributed by atoms with Gasteiger partial charge in [-0.2, -0.15) is 0 Å². The van der Waals surface area contributed by atoms with Gasteiger partial charge in [-0.05, 0) is 38.1 Å². The molecule has 2 rings (SSSR count). The Morgan fingerprint density at radius 1 is 1.32 bits per heavy atom. The van der Waals surface area contributed by atoms with E-state index in [0.29, 0.717) is 17.3 Å². The number of nitro groups is 1. The van der Waals surface area contributed by atoms with Crippen molar-refractivity contribution in [2.45, 2.75) is 19.3 Å². The fraction of sp³-hybridized carbons (Fsp3) is 0.538. The van der Waals surface area contributed by atoms with Crippen LogP contribution in [0.1, 0.15) is 19.3 Å². The molecule has 0 aromatic heterocycles. The van der Waals surface area contributed by atoms with E-state index < -0.39 is 0 Å². The van der Waals surface area contributed by atoms with Crippen molar-refractivity contribution in [2.24, 2.45) is 0 Å². The fourth-order valence-corrected chi connectivity index (χ4v) is 2.51. The van der Waals surface area contributed by atoms with Crippen molar-refractivity contribution in [1.29, 1.82) is 0 Å². The van der Waals surface area contributed by atoms with Crippen LogP contribution in [0.4, 0.5) is 11.4 Å². The first kappa shape index (κ1) is 14.1. The number of piperidine rings is 1. The van der Waals surface area contributed by atoms with Crippen molar-refractivity contribution >= 4 is 23.0 Å². The lowest BCUT2D eigenvalue weighted by Crippen LogP contribution is -2.33. The van der Waals surface area contributed by atoms with Gasteiger partial charge in [0.25, 0.3) is 5.69 Å². The maximum atomic E-state index is 10.9. The Kier molecular flexibility index (Phi) is 4.99. The molecule has 1 heterocycles. The van der Waals surface area contributed by atoms with Crippen molar-refractivity contribution in [3.63, 3.8) is 0 Å². The molecule has 104 valence electrons. The number of hydrogen-bond donors (Lipinski definition) is 1. The summed E-state index contributed by atoms with van der Waals surface area (Å²) in [6.45, 7) is 3.85. The zero-order valence-corrected chi connectivity index (χ0v) is 11.5. The number of hydrogen-bond acceptors (Lipinski definition) is 4. The molecule has 19 heavy (non-hydrogen) atoms. The van der Waals surface area contributed by atoms with Crippen LogP contribution in [0.15, 0.2) is 18.2 Å². The Hall–Kier alpha value is -1.33. The van der Waals surface area contributed by atoms with E-state index in [1.807, 2.05) is 0 Å². The van der Waals surface area contributed by atoms with E-state index in [0.717, 1.165) is 19.6 Å². The molecular weight excluding hydrogens is 266 g/mol. The van der Waals surface area contributed by atoms with Crippen LogP contribution in [-0.4, -0.2) is 36.0 Å². The van der Waals surface area contributed by atoms with Crippen LogP contribution < -0.4 is 5.32 Å². The summed E-state index contributed by atoms with van der Waals surface area (Å²) in [6.07, 6.45) is 3.80. The first-order valence-electron chi connectivity index (χ1n) is 6.57. The fourth-order valence-electron chi connectivity index (χ4n) is 2.34. The van der Waals surface area contributed by atoms with E-state index >= 15 is 0 Å². The Labute approximate surface area is 117 Å². The van der Waals surface area contributed by atoms with Crippen LogP contribution in [-0.2, 0) is 0 Å². The second-order valence-corrected chi connectivity index (χ2v) is 5.18. The van der Waals surface area contributed by atoms with Gasteiger partial charge in [-0.15, -0.1) is 0 Å². The van der Waals surface area contributed by atoms with Crippen LogP contribution in [0, 0.1) is 10.1 Å². The second-order valence-electron chi connectivity index (χ2n) is 4.75. The van der Waals surface area contributed by atoms with Gasteiger partial charge in [-0.3, -0.25) is 10.1 Å². The molecule has 1 aliphatic rings. The van der Waals surface area contributed by atoms with Gasteiger partial charge in [0.05, 0.1) is 4.92 Å². The lowest BCUT2D eigenvalue weighted by atomic mass is 10.1. The standard InChI is InChI=1S/C13H18ClN3O2/c14-11-4-5-13(17(18)19)12(10-11)15-6-9-16-7-2-1-3-8-16/h4-5,10,15H,1-3,6-9H2. The van der Waals surface area contributed by atoms with Gasteiger partial charge in [0.1, 0.15) is 5.69 Å². The zero-order valence-electron chi connectivity index (χ0n) is 10.8. The molecule has 1 N–H and O–H groups in total. The van der Waals surface area contributed by atoms with E-state index in [1.165, 1.54) is 31.4 Å². The Morgan fingerprint density at radius 2 is 2.05 bits per heavy atom. The van der Waals surface area contributed by atoms with Crippen molar-refractivity contribution in [3.05, 3.63) is 33.3 Å². The number of rotatable bonds is 5. The van der Waals surface area contributed by atoms with Crippen molar-refractivity contribution < 1.29 is 4.92 Å². The number of nitrogens with one attached hydrogen (secondary N) is 1. The maximum absolute atomic E-state index is 10.9. The third kappa shape index (κ3) is 4.08. The van der Waals surface area contributed by atoms with Gasteiger partial charge >= 0.3 is 0 Å². The second kappa shape index (κ2) is 6.73. The molecule has 0 bridgehead atoms. The van der Waals surface area contributed by atoms with Gasteiger partial charge in [0.15, 0.2) is 0 Å². The number of nitrogens with zero attached hydrogens (tertiary/aromatic N) is 2. The van der Waals surface area contributed by atoms with E-state index in [1.54, 1.807) is 6.07 Å². The smallest absolute Gasteiger partial charge is 0.292 e. The van der Waals surface area contributed by atoms with Crippen LogP contribution in [0.25, 0.3) is 0 Å². The zero-order chi connectivity index (χ0) is 13.7. The summed E-state index contributed by atoms with van der Waals surface area (Å²) >= 11 is 5.88. The van der Waals surface area contributed by atoms with E-state index in [2.05, 4.69) is 10.2 Å². The van der Waals surface area contributed by atoms with Crippen LogP contribution in [0.5, 0.6) is 0 Å². The molecule has 0 radical (unpaired) electrons. The predicted molar refractivity (Wildman–Crippen MR) is 76.9 cm³/mol. The molecule has 1 aromatic carbocycles. The summed E-state index contributed by atoms with van der Waals surface area (Å²) in [4.78, 5) is 12.9. The van der Waals surface area contributed by atoms with Gasteiger partial charge < -0.3 is 10.2 Å². The molecule has 5 nitrogen and oxygen atoms in total. The summed E-state index contributed by atoms with van der Waals surface area (Å²) in [5.74, 6) is 0. The quantitative estimate of drug-likeness (QED) is 0.666. The van der Waals surface area contributed by atoms with E-state index in [9.17, 15) is 10.1 Å². The van der Waals surface area contributed by atoms with Crippen LogP contribution in [0.3, 0.4) is 0 Å². The first-order valence-corrected chi connectivity index (χ1v) is 6.95. The average Bonchev–Trinajstić information content (AvgIpc) is 2.39. The third-order valence-corrected chi connectivity index (χ3v) is 3.58. The van der Waals surface area contributed by atoms with Gasteiger partial charge in [0.2, 0.25) is 0 Å². The Bertz CT molecular complexity index is 448. The number of likely N-dealkylation sites (tertiary alicyclic amines) is 1. The molecule has 0 unspecified atom stereocenters. The Balaban J connectivity index is 1.91. The summed E-state index contributed by atoms with van der Waals surface area (Å²) < 4.78 is 0.